The molecule has 2 aromatic heterocycles. The van der Waals surface area contributed by atoms with Crippen molar-refractivity contribution in [3.63, 3.8) is 0 Å². The van der Waals surface area contributed by atoms with Crippen molar-refractivity contribution in [2.24, 2.45) is 0 Å². The first-order valence-corrected chi connectivity index (χ1v) is 6.14. The number of hydrogen-bond acceptors (Lipinski definition) is 4. The zero-order valence-corrected chi connectivity index (χ0v) is 10.1. The van der Waals surface area contributed by atoms with Crippen LogP contribution in [0.4, 0.5) is 0 Å². The van der Waals surface area contributed by atoms with Crippen LogP contribution in [-0.2, 0) is 0 Å². The van der Waals surface area contributed by atoms with Gasteiger partial charge in [-0.3, -0.25) is 4.79 Å². The monoisotopic (exact) mass is 263 g/mol. The number of rotatable bonds is 2. The Morgan fingerprint density at radius 3 is 3.00 bits per heavy atom. The van der Waals surface area contributed by atoms with Gasteiger partial charge in [0, 0.05) is 17.0 Å². The second-order valence-electron chi connectivity index (χ2n) is 3.43. The quantitative estimate of drug-likeness (QED) is 0.661. The van der Waals surface area contributed by atoms with Crippen molar-refractivity contribution in [1.82, 2.24) is 4.98 Å². The zero-order chi connectivity index (χ0) is 11.8. The van der Waals surface area contributed by atoms with Crippen molar-refractivity contribution in [1.29, 1.82) is 0 Å². The summed E-state index contributed by atoms with van der Waals surface area (Å²) >= 11 is 7.30. The molecule has 84 valence electrons. The molecule has 0 aliphatic rings. The molecule has 5 heteroatoms. The third-order valence-electron chi connectivity index (χ3n) is 2.36. The summed E-state index contributed by atoms with van der Waals surface area (Å²) in [5.74, 6) is 0.0512. The molecule has 0 aliphatic heterocycles. The predicted molar refractivity (Wildman–Crippen MR) is 66.8 cm³/mol. The highest BCUT2D eigenvalue weighted by Gasteiger charge is 2.17. The van der Waals surface area contributed by atoms with Crippen LogP contribution in [-0.4, -0.2) is 10.8 Å². The fraction of sp³-hybridized carbons (Fsp3) is 0. The number of thiazole rings is 1. The van der Waals surface area contributed by atoms with Crippen molar-refractivity contribution in [2.75, 3.05) is 0 Å². The average molecular weight is 264 g/mol. The van der Waals surface area contributed by atoms with E-state index in [4.69, 9.17) is 16.0 Å². The number of fused-ring (bicyclic) bond motifs is 1. The lowest BCUT2D eigenvalue weighted by Gasteiger charge is -1.89. The first-order chi connectivity index (χ1) is 8.25. The van der Waals surface area contributed by atoms with Crippen LogP contribution >= 0.6 is 22.9 Å². The van der Waals surface area contributed by atoms with Gasteiger partial charge in [0.2, 0.25) is 0 Å². The van der Waals surface area contributed by atoms with Crippen molar-refractivity contribution in [3.8, 4) is 0 Å². The highest BCUT2D eigenvalue weighted by atomic mass is 35.5. The molecule has 3 nitrogen and oxygen atoms in total. The molecule has 0 aliphatic carbocycles. The zero-order valence-electron chi connectivity index (χ0n) is 8.51. The van der Waals surface area contributed by atoms with Crippen LogP contribution in [0, 0.1) is 0 Å². The molecule has 0 saturated heterocycles. The number of halogens is 1. The van der Waals surface area contributed by atoms with Crippen LogP contribution in [0.5, 0.6) is 0 Å². The topological polar surface area (TPSA) is 43.1 Å². The third kappa shape index (κ3) is 1.75. The van der Waals surface area contributed by atoms with Gasteiger partial charge in [0.25, 0.3) is 5.78 Å². The first-order valence-electron chi connectivity index (χ1n) is 4.88. The minimum Gasteiger partial charge on any atom is -0.452 e. The molecule has 0 fully saturated rings. The first kappa shape index (κ1) is 10.5. The Hall–Kier alpha value is -1.65. The van der Waals surface area contributed by atoms with Crippen LogP contribution in [0.25, 0.3) is 11.0 Å². The van der Waals surface area contributed by atoms with Gasteiger partial charge in [0.1, 0.15) is 5.58 Å². The lowest BCUT2D eigenvalue weighted by molar-refractivity contribution is 0.101. The Kier molecular flexibility index (Phi) is 2.46. The molecule has 2 heterocycles. The fourth-order valence-corrected chi connectivity index (χ4v) is 2.38. The van der Waals surface area contributed by atoms with E-state index in [0.717, 1.165) is 5.39 Å². The van der Waals surface area contributed by atoms with Crippen molar-refractivity contribution < 1.29 is 9.21 Å². The minimum atomic E-state index is -0.215. The van der Waals surface area contributed by atoms with Crippen LogP contribution in [0.1, 0.15) is 15.6 Å². The summed E-state index contributed by atoms with van der Waals surface area (Å²) < 4.78 is 5.47. The molecule has 0 amide bonds. The minimum absolute atomic E-state index is 0.215. The van der Waals surface area contributed by atoms with Crippen molar-refractivity contribution in [2.45, 2.75) is 0 Å². The van der Waals surface area contributed by atoms with Gasteiger partial charge in [-0.05, 0) is 18.2 Å². The molecule has 3 rings (SSSR count). The largest absolute Gasteiger partial charge is 0.452 e. The number of aromatic nitrogens is 1. The van der Waals surface area contributed by atoms with Gasteiger partial charge in [-0.2, -0.15) is 0 Å². The number of carbonyl (C=O) groups excluding carboxylic acids is 1. The Bertz CT molecular complexity index is 688. The Balaban J connectivity index is 2.13. The summed E-state index contributed by atoms with van der Waals surface area (Å²) in [6.07, 6.45) is 1.59. The number of furan rings is 1. The summed E-state index contributed by atoms with van der Waals surface area (Å²) in [4.78, 5) is 16.0. The van der Waals surface area contributed by atoms with E-state index in [1.165, 1.54) is 11.3 Å². The van der Waals surface area contributed by atoms with E-state index in [1.807, 2.05) is 0 Å². The van der Waals surface area contributed by atoms with Crippen molar-refractivity contribution >= 4 is 39.7 Å². The highest BCUT2D eigenvalue weighted by molar-refractivity contribution is 7.11. The summed E-state index contributed by atoms with van der Waals surface area (Å²) in [6, 6.07) is 6.98. The molecule has 3 aromatic rings. The number of hydrogen-bond donors (Lipinski definition) is 0. The number of carbonyl (C=O) groups is 1. The van der Waals surface area contributed by atoms with Crippen molar-refractivity contribution in [3.05, 3.63) is 51.6 Å². The predicted octanol–water partition coefficient (Wildman–Crippen LogP) is 3.77. The fourth-order valence-electron chi connectivity index (χ4n) is 1.58. The smallest absolute Gasteiger partial charge is 0.256 e. The summed E-state index contributed by atoms with van der Waals surface area (Å²) in [7, 11) is 0. The van der Waals surface area contributed by atoms with Crippen LogP contribution in [0.3, 0.4) is 0 Å². The number of benzene rings is 1. The lowest BCUT2D eigenvalue weighted by atomic mass is 10.2. The van der Waals surface area contributed by atoms with E-state index in [9.17, 15) is 4.79 Å². The average Bonchev–Trinajstić information content (AvgIpc) is 2.98. The SMILES string of the molecule is O=C(c1cc2c(Cl)cccc2o1)c1nccs1. The van der Waals surface area contributed by atoms with Gasteiger partial charge in [-0.1, -0.05) is 17.7 Å². The maximum absolute atomic E-state index is 12.0. The van der Waals surface area contributed by atoms with Gasteiger partial charge in [-0.25, -0.2) is 4.98 Å². The lowest BCUT2D eigenvalue weighted by Crippen LogP contribution is -1.97. The van der Waals surface area contributed by atoms with Gasteiger partial charge in [0.15, 0.2) is 10.8 Å². The molecule has 17 heavy (non-hydrogen) atoms. The molecule has 0 atom stereocenters. The Labute approximate surface area is 106 Å². The van der Waals surface area contributed by atoms with E-state index in [1.54, 1.807) is 35.8 Å². The summed E-state index contributed by atoms with van der Waals surface area (Å²) in [5.41, 5.74) is 0.609. The van der Waals surface area contributed by atoms with Gasteiger partial charge >= 0.3 is 0 Å². The second-order valence-corrected chi connectivity index (χ2v) is 4.73. The van der Waals surface area contributed by atoms with Gasteiger partial charge in [0.05, 0.1) is 5.02 Å². The maximum atomic E-state index is 12.0. The number of ketones is 1. The third-order valence-corrected chi connectivity index (χ3v) is 3.46. The Morgan fingerprint density at radius 1 is 1.41 bits per heavy atom. The van der Waals surface area contributed by atoms with Gasteiger partial charge < -0.3 is 4.42 Å². The molecule has 0 spiro atoms. The second kappa shape index (κ2) is 3.98. The molecule has 0 unspecified atom stereocenters. The molecule has 1 aromatic carbocycles. The molecule has 0 radical (unpaired) electrons. The highest BCUT2D eigenvalue weighted by Crippen LogP contribution is 2.27. The van der Waals surface area contributed by atoms with Crippen LogP contribution in [0.2, 0.25) is 5.02 Å². The maximum Gasteiger partial charge on any atom is 0.256 e. The van der Waals surface area contributed by atoms with E-state index < -0.39 is 0 Å². The van der Waals surface area contributed by atoms with Gasteiger partial charge in [-0.15, -0.1) is 11.3 Å². The molecule has 0 bridgehead atoms. The van der Waals surface area contributed by atoms with Crippen LogP contribution in [0.15, 0.2) is 40.3 Å². The van der Waals surface area contributed by atoms with E-state index in [2.05, 4.69) is 4.98 Å². The van der Waals surface area contributed by atoms with E-state index in [-0.39, 0.29) is 11.5 Å². The number of nitrogens with zero attached hydrogens (tertiary/aromatic N) is 1. The molecular weight excluding hydrogens is 258 g/mol. The van der Waals surface area contributed by atoms with E-state index >= 15 is 0 Å². The summed E-state index contributed by atoms with van der Waals surface area (Å²) in [5, 5.41) is 3.49. The molecular formula is C12H6ClNO2S. The molecule has 0 saturated carbocycles. The normalized spacial score (nSPS) is 10.9. The Morgan fingerprint density at radius 2 is 2.29 bits per heavy atom. The van der Waals surface area contributed by atoms with Crippen LogP contribution < -0.4 is 0 Å². The molecule has 0 N–H and O–H groups in total. The van der Waals surface area contributed by atoms with E-state index in [0.29, 0.717) is 15.6 Å². The summed E-state index contributed by atoms with van der Waals surface area (Å²) in [6.45, 7) is 0. The standard InChI is InChI=1S/C12H6ClNO2S/c13-8-2-1-3-9-7(8)6-10(16-9)11(15)12-14-4-5-17-12/h1-6H.